The Labute approximate surface area is 200 Å². The van der Waals surface area contributed by atoms with E-state index in [1.807, 2.05) is 30.3 Å². The fourth-order valence-corrected chi connectivity index (χ4v) is 4.32. The molecule has 1 N–H and O–H groups in total. The number of aliphatic imine (C=N–C) groups is 1. The molecule has 1 atom stereocenters. The summed E-state index contributed by atoms with van der Waals surface area (Å²) < 4.78 is 0. The lowest BCUT2D eigenvalue weighted by atomic mass is 9.91. The van der Waals surface area contributed by atoms with Gasteiger partial charge in [-0.3, -0.25) is 14.9 Å². The molecule has 0 aromatic carbocycles. The standard InChI is InChI=1S/C26H42N6O/c1-8-12-25(30(5)18-17-29(4)9-2)32(7)24(20-33)22(27-3)19-31(6)23-15-10-13-21-14-11-16-28-26(21)23/h8,11-12,14,16,23,33H,1,3,9-10,13,15,17-20H2,2,4-7H3/b24-22-,25-12-/t23-/m0/s1. The van der Waals surface area contributed by atoms with E-state index in [4.69, 9.17) is 0 Å². The van der Waals surface area contributed by atoms with Gasteiger partial charge in [0.05, 0.1) is 29.7 Å². The van der Waals surface area contributed by atoms with Gasteiger partial charge in [-0.2, -0.15) is 0 Å². The van der Waals surface area contributed by atoms with Crippen LogP contribution in [0.1, 0.15) is 37.1 Å². The molecule has 2 rings (SSSR count). The van der Waals surface area contributed by atoms with Crippen molar-refractivity contribution >= 4 is 6.72 Å². The van der Waals surface area contributed by atoms with Gasteiger partial charge < -0.3 is 19.8 Å². The van der Waals surface area contributed by atoms with E-state index in [1.54, 1.807) is 6.08 Å². The number of nitrogens with zero attached hydrogens (tertiary/aromatic N) is 6. The number of rotatable bonds is 13. The summed E-state index contributed by atoms with van der Waals surface area (Å²) in [5.41, 5.74) is 3.98. The Morgan fingerprint density at radius 3 is 2.67 bits per heavy atom. The Bertz CT molecular complexity index is 849. The lowest BCUT2D eigenvalue weighted by molar-refractivity contribution is 0.216. The van der Waals surface area contributed by atoms with Crippen LogP contribution in [0.3, 0.4) is 0 Å². The lowest BCUT2D eigenvalue weighted by Crippen LogP contribution is -2.37. The molecule has 0 aliphatic heterocycles. The fraction of sp³-hybridized carbons (Fsp3) is 0.538. The summed E-state index contributed by atoms with van der Waals surface area (Å²) in [6.45, 7) is 13.1. The van der Waals surface area contributed by atoms with Crippen molar-refractivity contribution in [2.24, 2.45) is 4.99 Å². The number of aliphatic hydroxyl groups excluding tert-OH is 1. The van der Waals surface area contributed by atoms with Crippen LogP contribution in [-0.4, -0.2) is 97.4 Å². The van der Waals surface area contributed by atoms with E-state index in [0.29, 0.717) is 6.54 Å². The second-order valence-corrected chi connectivity index (χ2v) is 8.72. The minimum atomic E-state index is -0.130. The van der Waals surface area contributed by atoms with Gasteiger partial charge in [0, 0.05) is 39.9 Å². The molecule has 0 bridgehead atoms. The molecule has 7 heteroatoms. The van der Waals surface area contributed by atoms with Crippen LogP contribution in [0.5, 0.6) is 0 Å². The SMILES string of the molecule is C=C/C=C(/N(C)CCN(C)CC)N(C)/C(CO)=C(/CN(C)[C@H]1CCCc2cccnc21)N=C. The van der Waals surface area contributed by atoms with Crippen LogP contribution in [0.25, 0.3) is 0 Å². The van der Waals surface area contributed by atoms with Gasteiger partial charge in [0.25, 0.3) is 0 Å². The lowest BCUT2D eigenvalue weighted by Gasteiger charge is -2.35. The predicted octanol–water partition coefficient (Wildman–Crippen LogP) is 3.14. The van der Waals surface area contributed by atoms with Crippen molar-refractivity contribution in [1.29, 1.82) is 0 Å². The Balaban J connectivity index is 2.26. The highest BCUT2D eigenvalue weighted by Crippen LogP contribution is 2.32. The molecule has 0 radical (unpaired) electrons. The third kappa shape index (κ3) is 7.00. The van der Waals surface area contributed by atoms with Gasteiger partial charge in [-0.1, -0.05) is 25.6 Å². The number of aliphatic hydroxyl groups is 1. The number of likely N-dealkylation sites (N-methyl/N-ethyl adjacent to an activating group) is 4. The summed E-state index contributed by atoms with van der Waals surface area (Å²) in [6, 6.07) is 4.42. The predicted molar refractivity (Wildman–Crippen MR) is 138 cm³/mol. The van der Waals surface area contributed by atoms with E-state index >= 15 is 0 Å². The van der Waals surface area contributed by atoms with E-state index in [0.717, 1.165) is 61.8 Å². The molecule has 1 aliphatic carbocycles. The van der Waals surface area contributed by atoms with Crippen LogP contribution in [0.15, 0.2) is 59.3 Å². The Hall–Kier alpha value is -2.48. The minimum absolute atomic E-state index is 0.130. The maximum absolute atomic E-state index is 10.3. The molecule has 33 heavy (non-hydrogen) atoms. The first-order valence-electron chi connectivity index (χ1n) is 11.8. The van der Waals surface area contributed by atoms with Crippen molar-refractivity contribution in [3.05, 3.63) is 65.5 Å². The van der Waals surface area contributed by atoms with Crippen molar-refractivity contribution in [1.82, 2.24) is 24.6 Å². The first-order valence-corrected chi connectivity index (χ1v) is 11.8. The summed E-state index contributed by atoms with van der Waals surface area (Å²) in [7, 11) is 8.23. The van der Waals surface area contributed by atoms with Gasteiger partial charge >= 0.3 is 0 Å². The average molecular weight is 455 g/mol. The number of hydrogen-bond donors (Lipinski definition) is 1. The largest absolute Gasteiger partial charge is 0.390 e. The van der Waals surface area contributed by atoms with Crippen LogP contribution >= 0.6 is 0 Å². The number of pyridine rings is 1. The molecule has 1 aromatic heterocycles. The van der Waals surface area contributed by atoms with Crippen LogP contribution in [0.4, 0.5) is 0 Å². The van der Waals surface area contributed by atoms with Crippen molar-refractivity contribution in [2.45, 2.75) is 32.2 Å². The Morgan fingerprint density at radius 1 is 1.27 bits per heavy atom. The molecule has 1 aliphatic rings. The molecular weight excluding hydrogens is 412 g/mol. The topological polar surface area (TPSA) is 58.4 Å². The first-order chi connectivity index (χ1) is 15.9. The van der Waals surface area contributed by atoms with Gasteiger partial charge in [-0.15, -0.1) is 0 Å². The molecule has 0 unspecified atom stereocenters. The monoisotopic (exact) mass is 454 g/mol. The summed E-state index contributed by atoms with van der Waals surface area (Å²) >= 11 is 0. The molecule has 1 aromatic rings. The van der Waals surface area contributed by atoms with Crippen LogP contribution in [0.2, 0.25) is 0 Å². The molecule has 7 nitrogen and oxygen atoms in total. The zero-order valence-corrected chi connectivity index (χ0v) is 21.2. The highest BCUT2D eigenvalue weighted by Gasteiger charge is 2.26. The van der Waals surface area contributed by atoms with Gasteiger partial charge in [-0.25, -0.2) is 0 Å². The number of allylic oxidation sites excluding steroid dienone is 2. The van der Waals surface area contributed by atoms with Crippen molar-refractivity contribution in [3.8, 4) is 0 Å². The number of fused-ring (bicyclic) bond motifs is 1. The Morgan fingerprint density at radius 2 is 2.03 bits per heavy atom. The van der Waals surface area contributed by atoms with E-state index in [2.05, 4.69) is 72.1 Å². The normalized spacial score (nSPS) is 17.0. The minimum Gasteiger partial charge on any atom is -0.390 e. The van der Waals surface area contributed by atoms with Crippen molar-refractivity contribution < 1.29 is 5.11 Å². The molecule has 0 fully saturated rings. The van der Waals surface area contributed by atoms with E-state index < -0.39 is 0 Å². The van der Waals surface area contributed by atoms with Gasteiger partial charge in [0.15, 0.2) is 0 Å². The summed E-state index contributed by atoms with van der Waals surface area (Å²) in [5, 5.41) is 10.3. The molecule has 0 spiro atoms. The second-order valence-electron chi connectivity index (χ2n) is 8.72. The third-order valence-electron chi connectivity index (χ3n) is 6.53. The molecule has 1 heterocycles. The van der Waals surface area contributed by atoms with Gasteiger partial charge in [-0.05, 0) is 64.3 Å². The molecular formula is C26H42N6O. The maximum Gasteiger partial charge on any atom is 0.108 e. The highest BCUT2D eigenvalue weighted by atomic mass is 16.3. The number of hydrogen-bond acceptors (Lipinski definition) is 7. The summed E-state index contributed by atoms with van der Waals surface area (Å²) in [5.74, 6) is 0.951. The molecule has 0 saturated heterocycles. The third-order valence-corrected chi connectivity index (χ3v) is 6.53. The maximum atomic E-state index is 10.3. The van der Waals surface area contributed by atoms with Gasteiger partial charge in [0.2, 0.25) is 0 Å². The van der Waals surface area contributed by atoms with Crippen LogP contribution in [-0.2, 0) is 6.42 Å². The highest BCUT2D eigenvalue weighted by molar-refractivity contribution is 5.33. The van der Waals surface area contributed by atoms with Crippen LogP contribution < -0.4 is 0 Å². The Kier molecular flexibility index (Phi) is 10.8. The summed E-state index contributed by atoms with van der Waals surface area (Å²) in [6.07, 6.45) is 8.90. The quantitative estimate of drug-likeness (QED) is 0.365. The van der Waals surface area contributed by atoms with Crippen molar-refractivity contribution in [3.63, 3.8) is 0 Å². The van der Waals surface area contributed by atoms with E-state index in [9.17, 15) is 5.11 Å². The van der Waals surface area contributed by atoms with E-state index in [1.165, 1.54) is 5.56 Å². The number of aromatic nitrogens is 1. The van der Waals surface area contributed by atoms with Crippen LogP contribution in [0, 0.1) is 0 Å². The summed E-state index contributed by atoms with van der Waals surface area (Å²) in [4.78, 5) is 17.7. The zero-order chi connectivity index (χ0) is 24.4. The van der Waals surface area contributed by atoms with Crippen molar-refractivity contribution in [2.75, 3.05) is 61.0 Å². The molecule has 0 amide bonds. The molecule has 0 saturated carbocycles. The smallest absolute Gasteiger partial charge is 0.108 e. The van der Waals surface area contributed by atoms with Gasteiger partial charge in [0.1, 0.15) is 5.82 Å². The number of aryl methyl sites for hydroxylation is 1. The average Bonchev–Trinajstić information content (AvgIpc) is 2.84. The zero-order valence-electron chi connectivity index (χ0n) is 21.2. The molecule has 182 valence electrons. The van der Waals surface area contributed by atoms with E-state index in [-0.39, 0.29) is 12.6 Å². The first kappa shape index (κ1) is 26.8. The fourth-order valence-electron chi connectivity index (χ4n) is 4.32. The second kappa shape index (κ2) is 13.3.